The van der Waals surface area contributed by atoms with Crippen molar-refractivity contribution in [1.29, 1.82) is 0 Å². The summed E-state index contributed by atoms with van der Waals surface area (Å²) in [5.74, 6) is 1.26. The SMILES string of the molecule is CC1CC(C2CNC(C[CH-]CC3CCNCC3)[CH-]N2)NN2CC(C)[N+](=O)C12.[Os+2]. The van der Waals surface area contributed by atoms with E-state index in [1.807, 2.05) is 6.92 Å². The van der Waals surface area contributed by atoms with Gasteiger partial charge in [-0.2, -0.15) is 17.9 Å². The van der Waals surface area contributed by atoms with E-state index >= 15 is 0 Å². The van der Waals surface area contributed by atoms with E-state index < -0.39 is 0 Å². The summed E-state index contributed by atoms with van der Waals surface area (Å²) in [6.07, 6.45) is 8.50. The second-order valence-corrected chi connectivity index (χ2v) is 9.13. The molecule has 7 nitrogen and oxygen atoms in total. The fourth-order valence-corrected chi connectivity index (χ4v) is 5.28. The van der Waals surface area contributed by atoms with Gasteiger partial charge in [0.25, 0.3) is 6.17 Å². The van der Waals surface area contributed by atoms with Gasteiger partial charge >= 0.3 is 19.8 Å². The second kappa shape index (κ2) is 10.4. The third-order valence-corrected chi connectivity index (χ3v) is 6.92. The predicted octanol–water partition coefficient (Wildman–Crippen LogP) is 0.782. The molecule has 0 saturated carbocycles. The Balaban J connectivity index is 0.00000225. The van der Waals surface area contributed by atoms with Crippen LogP contribution in [0.5, 0.6) is 0 Å². The van der Waals surface area contributed by atoms with E-state index in [1.165, 1.54) is 37.1 Å². The minimum absolute atomic E-state index is 0. The number of piperazine rings is 1. The summed E-state index contributed by atoms with van der Waals surface area (Å²) >= 11 is 0. The first-order valence-corrected chi connectivity index (χ1v) is 10.9. The van der Waals surface area contributed by atoms with E-state index in [1.54, 1.807) is 0 Å². The molecule has 4 rings (SSSR count). The van der Waals surface area contributed by atoms with Crippen LogP contribution in [0.15, 0.2) is 0 Å². The van der Waals surface area contributed by atoms with Crippen LogP contribution in [0, 0.1) is 29.7 Å². The Morgan fingerprint density at radius 1 is 1.18 bits per heavy atom. The maximum atomic E-state index is 12.3. The molecule has 6 unspecified atom stereocenters. The van der Waals surface area contributed by atoms with Gasteiger partial charge in [0.15, 0.2) is 0 Å². The van der Waals surface area contributed by atoms with Gasteiger partial charge in [-0.15, -0.1) is 6.04 Å². The smallest absolute Gasteiger partial charge is 0.464 e. The van der Waals surface area contributed by atoms with Crippen LogP contribution in [0.3, 0.4) is 0 Å². The topological polar surface area (TPSA) is 71.4 Å². The average Bonchev–Trinajstić information content (AvgIpc) is 2.97. The molecule has 0 aromatic heterocycles. The Morgan fingerprint density at radius 2 is 1.96 bits per heavy atom. The Morgan fingerprint density at radius 3 is 2.68 bits per heavy atom. The number of hydrogen-bond acceptors (Lipinski definition) is 6. The summed E-state index contributed by atoms with van der Waals surface area (Å²) in [5.41, 5.74) is 3.63. The van der Waals surface area contributed by atoms with Crippen molar-refractivity contribution in [2.45, 2.75) is 76.3 Å². The number of nitroso groups, excluding NO2 is 1. The van der Waals surface area contributed by atoms with Gasteiger partial charge in [-0.25, -0.2) is 5.43 Å². The molecule has 0 amide bonds. The Bertz CT molecular complexity index is 509. The summed E-state index contributed by atoms with van der Waals surface area (Å²) in [5, 5.41) is 13.0. The predicted molar refractivity (Wildman–Crippen MR) is 106 cm³/mol. The molecule has 8 heteroatoms. The number of rotatable bonds is 5. The summed E-state index contributed by atoms with van der Waals surface area (Å²) in [6.45, 7) is 10.6. The molecule has 160 valence electrons. The van der Waals surface area contributed by atoms with Crippen LogP contribution in [0.25, 0.3) is 0 Å². The molecule has 28 heavy (non-hydrogen) atoms. The zero-order valence-corrected chi connectivity index (χ0v) is 19.8. The van der Waals surface area contributed by atoms with Gasteiger partial charge in [0.1, 0.15) is 0 Å². The Kier molecular flexibility index (Phi) is 8.41. The summed E-state index contributed by atoms with van der Waals surface area (Å²) in [4.78, 5) is 12.3. The molecule has 0 aromatic rings. The molecule has 4 fully saturated rings. The number of nitrogens with one attached hydrogen (secondary N) is 4. The molecular formula is C20H37N6OOs+. The number of piperidine rings is 1. The second-order valence-electron chi connectivity index (χ2n) is 9.13. The van der Waals surface area contributed by atoms with Crippen molar-refractivity contribution in [2.24, 2.45) is 11.8 Å². The first kappa shape index (κ1) is 22.7. The summed E-state index contributed by atoms with van der Waals surface area (Å²) in [7, 11) is 0. The van der Waals surface area contributed by atoms with Crippen LogP contribution in [0.1, 0.15) is 46.0 Å². The average molecular weight is 568 g/mol. The largest absolute Gasteiger partial charge is 2.00 e. The summed E-state index contributed by atoms with van der Waals surface area (Å²) < 4.78 is 1.28. The number of hydrazine groups is 1. The monoisotopic (exact) mass is 569 g/mol. The van der Waals surface area contributed by atoms with Crippen LogP contribution < -0.4 is 21.4 Å². The maximum Gasteiger partial charge on any atom is 2.00 e. The number of hydrogen-bond donors (Lipinski definition) is 4. The van der Waals surface area contributed by atoms with E-state index in [4.69, 9.17) is 0 Å². The van der Waals surface area contributed by atoms with E-state index in [-0.39, 0.29) is 32.0 Å². The molecule has 0 aliphatic carbocycles. The number of nitrogens with zero attached hydrogens (tertiary/aromatic N) is 2. The van der Waals surface area contributed by atoms with E-state index in [0.29, 0.717) is 24.0 Å². The van der Waals surface area contributed by atoms with E-state index in [2.05, 4.69) is 46.3 Å². The van der Waals surface area contributed by atoms with Crippen molar-refractivity contribution in [3.05, 3.63) is 17.9 Å². The quantitative estimate of drug-likeness (QED) is 0.291. The fraction of sp³-hybridized carbons (Fsp3) is 0.900. The molecule has 0 bridgehead atoms. The normalized spacial score (nSPS) is 40.1. The van der Waals surface area contributed by atoms with Crippen LogP contribution in [0.2, 0.25) is 0 Å². The molecule has 0 spiro atoms. The van der Waals surface area contributed by atoms with Gasteiger partial charge < -0.3 is 22.4 Å². The fourth-order valence-electron chi connectivity index (χ4n) is 5.28. The molecule has 4 heterocycles. The van der Waals surface area contributed by atoms with Crippen LogP contribution in [-0.2, 0) is 19.8 Å². The first-order chi connectivity index (χ1) is 13.1. The van der Waals surface area contributed by atoms with Crippen molar-refractivity contribution >= 4 is 0 Å². The summed E-state index contributed by atoms with van der Waals surface area (Å²) in [6, 6.07) is 1.26. The molecule has 6 atom stereocenters. The maximum absolute atomic E-state index is 12.3. The van der Waals surface area contributed by atoms with Gasteiger partial charge in [-0.3, -0.25) is 6.54 Å². The van der Waals surface area contributed by atoms with E-state index in [0.717, 1.165) is 31.8 Å². The molecule has 4 aliphatic heterocycles. The minimum atomic E-state index is -0.00545. The van der Waals surface area contributed by atoms with Crippen molar-refractivity contribution < 1.29 is 24.6 Å². The number of fused-ring (bicyclic) bond motifs is 1. The van der Waals surface area contributed by atoms with E-state index in [9.17, 15) is 4.91 Å². The molecule has 0 aromatic carbocycles. The molecule has 4 aliphatic rings. The van der Waals surface area contributed by atoms with Gasteiger partial charge in [-0.1, -0.05) is 12.8 Å². The van der Waals surface area contributed by atoms with Crippen molar-refractivity contribution in [1.82, 2.24) is 26.4 Å². The molecule has 0 radical (unpaired) electrons. The Labute approximate surface area is 183 Å². The molecule has 4 N–H and O–H groups in total. The van der Waals surface area contributed by atoms with Gasteiger partial charge in [-0.05, 0) is 32.4 Å². The van der Waals surface area contributed by atoms with Crippen LogP contribution in [0.4, 0.5) is 0 Å². The zero-order valence-electron chi connectivity index (χ0n) is 17.2. The van der Waals surface area contributed by atoms with Crippen molar-refractivity contribution in [2.75, 3.05) is 26.2 Å². The molecular weight excluding hydrogens is 530 g/mol. The molecule has 4 saturated heterocycles. The van der Waals surface area contributed by atoms with Crippen molar-refractivity contribution in [3.63, 3.8) is 0 Å². The van der Waals surface area contributed by atoms with Gasteiger partial charge in [0.05, 0.1) is 6.54 Å². The van der Waals surface area contributed by atoms with Crippen LogP contribution >= 0.6 is 0 Å². The zero-order chi connectivity index (χ0) is 18.8. The minimum Gasteiger partial charge on any atom is -0.464 e. The third kappa shape index (κ3) is 5.20. The Hall–Kier alpha value is 0.0364. The standard InChI is InChI=1S/C20H37N6O.Os/c1-14-10-18(24-25-13-15(2)26(27)20(14)25)19-12-22-17(11-23-19)5-3-4-16-6-8-21-9-7-16;/h3,11,14-24H,4-10,12-13H2,1-2H3;/q-1;+2. The first-order valence-electron chi connectivity index (χ1n) is 10.9. The third-order valence-electron chi connectivity index (χ3n) is 6.92. The van der Waals surface area contributed by atoms with Gasteiger partial charge in [0.2, 0.25) is 6.04 Å². The van der Waals surface area contributed by atoms with Crippen LogP contribution in [-0.4, -0.2) is 66.3 Å². The van der Waals surface area contributed by atoms with Crippen molar-refractivity contribution in [3.8, 4) is 0 Å². The van der Waals surface area contributed by atoms with Gasteiger partial charge in [0, 0.05) is 41.1 Å².